The standard InChI is InChI=1S/C13H14F3N3S/c1-18-2-4-19(5-3-18)11-6-10(13(14,15)16)7-12(8-11)20-9-17/h6-8H,2-5H2,1H3. The number of nitrogens with zero attached hydrogens (tertiary/aromatic N) is 3. The van der Waals surface area contributed by atoms with Crippen molar-refractivity contribution in [2.45, 2.75) is 11.1 Å². The number of anilines is 1. The molecule has 0 N–H and O–H groups in total. The Balaban J connectivity index is 2.32. The van der Waals surface area contributed by atoms with Gasteiger partial charge in [0.25, 0.3) is 0 Å². The maximum Gasteiger partial charge on any atom is 0.416 e. The molecule has 0 atom stereocenters. The highest BCUT2D eigenvalue weighted by molar-refractivity contribution is 8.03. The summed E-state index contributed by atoms with van der Waals surface area (Å²) < 4.78 is 38.7. The summed E-state index contributed by atoms with van der Waals surface area (Å²) in [6.45, 7) is 3.01. The molecule has 0 aromatic heterocycles. The number of hydrogen-bond acceptors (Lipinski definition) is 4. The second-order valence-corrected chi connectivity index (χ2v) is 5.56. The van der Waals surface area contributed by atoms with Crippen molar-refractivity contribution >= 4 is 17.4 Å². The Morgan fingerprint density at radius 1 is 1.15 bits per heavy atom. The number of piperazine rings is 1. The predicted molar refractivity (Wildman–Crippen MR) is 72.6 cm³/mol. The molecule has 0 aliphatic carbocycles. The summed E-state index contributed by atoms with van der Waals surface area (Å²) in [6, 6.07) is 3.83. The minimum atomic E-state index is -4.40. The third-order valence-electron chi connectivity index (χ3n) is 3.25. The minimum absolute atomic E-state index is 0.330. The number of alkyl halides is 3. The minimum Gasteiger partial charge on any atom is -0.369 e. The summed E-state index contributed by atoms with van der Waals surface area (Å²) in [5, 5.41) is 10.5. The third kappa shape index (κ3) is 3.58. The molecule has 1 aliphatic heterocycles. The maximum absolute atomic E-state index is 12.9. The van der Waals surface area contributed by atoms with Gasteiger partial charge in [0.2, 0.25) is 0 Å². The van der Waals surface area contributed by atoms with Crippen LogP contribution in [0, 0.1) is 10.7 Å². The summed E-state index contributed by atoms with van der Waals surface area (Å²) in [6.07, 6.45) is -4.40. The van der Waals surface area contributed by atoms with E-state index in [1.165, 1.54) is 0 Å². The fraction of sp³-hybridized carbons (Fsp3) is 0.462. The van der Waals surface area contributed by atoms with E-state index >= 15 is 0 Å². The van der Waals surface area contributed by atoms with Gasteiger partial charge < -0.3 is 9.80 Å². The van der Waals surface area contributed by atoms with Crippen LogP contribution in [0.5, 0.6) is 0 Å². The first-order chi connectivity index (χ1) is 9.40. The molecule has 1 aromatic carbocycles. The zero-order valence-corrected chi connectivity index (χ0v) is 11.8. The summed E-state index contributed by atoms with van der Waals surface area (Å²) >= 11 is 0.753. The molecule has 0 bridgehead atoms. The Hall–Kier alpha value is -1.39. The fourth-order valence-corrected chi connectivity index (χ4v) is 2.58. The fourth-order valence-electron chi connectivity index (χ4n) is 2.11. The van der Waals surface area contributed by atoms with Gasteiger partial charge in [0.1, 0.15) is 5.40 Å². The molecule has 20 heavy (non-hydrogen) atoms. The summed E-state index contributed by atoms with van der Waals surface area (Å²) in [5.41, 5.74) is -0.169. The first-order valence-electron chi connectivity index (χ1n) is 6.12. The normalized spacial score (nSPS) is 17.1. The molecule has 1 aliphatic rings. The molecule has 0 saturated carbocycles. The average Bonchev–Trinajstić information content (AvgIpc) is 2.38. The molecule has 1 aromatic rings. The van der Waals surface area contributed by atoms with E-state index < -0.39 is 11.7 Å². The Morgan fingerprint density at radius 2 is 1.80 bits per heavy atom. The van der Waals surface area contributed by atoms with Gasteiger partial charge >= 0.3 is 6.18 Å². The van der Waals surface area contributed by atoms with Crippen molar-refractivity contribution < 1.29 is 13.2 Å². The van der Waals surface area contributed by atoms with Gasteiger partial charge in [-0.15, -0.1) is 0 Å². The molecule has 3 nitrogen and oxygen atoms in total. The van der Waals surface area contributed by atoms with Gasteiger partial charge in [-0.05, 0) is 37.0 Å². The molecule has 0 spiro atoms. The molecule has 0 amide bonds. The van der Waals surface area contributed by atoms with Gasteiger partial charge in [0, 0.05) is 36.8 Å². The van der Waals surface area contributed by atoms with Gasteiger partial charge in [0.15, 0.2) is 0 Å². The van der Waals surface area contributed by atoms with Crippen molar-refractivity contribution in [3.05, 3.63) is 23.8 Å². The van der Waals surface area contributed by atoms with E-state index in [4.69, 9.17) is 5.26 Å². The Morgan fingerprint density at radius 3 is 2.35 bits per heavy atom. The van der Waals surface area contributed by atoms with Crippen LogP contribution in [0.2, 0.25) is 0 Å². The molecule has 1 saturated heterocycles. The van der Waals surface area contributed by atoms with Crippen molar-refractivity contribution in [2.75, 3.05) is 38.1 Å². The zero-order chi connectivity index (χ0) is 14.8. The number of hydrogen-bond donors (Lipinski definition) is 0. The number of thiocyanates is 1. The SMILES string of the molecule is CN1CCN(c2cc(SC#N)cc(C(F)(F)F)c2)CC1. The van der Waals surface area contributed by atoms with Crippen LogP contribution >= 0.6 is 11.8 Å². The Kier molecular flexibility index (Phi) is 4.45. The lowest BCUT2D eigenvalue weighted by Crippen LogP contribution is -2.44. The van der Waals surface area contributed by atoms with Crippen LogP contribution < -0.4 is 4.90 Å². The van der Waals surface area contributed by atoms with Gasteiger partial charge in [0.05, 0.1) is 5.56 Å². The van der Waals surface area contributed by atoms with Crippen molar-refractivity contribution in [3.8, 4) is 5.40 Å². The molecule has 1 heterocycles. The van der Waals surface area contributed by atoms with Crippen LogP contribution in [0.15, 0.2) is 23.1 Å². The number of benzene rings is 1. The molecule has 1 fully saturated rings. The number of rotatable bonds is 2. The van der Waals surface area contributed by atoms with Crippen LogP contribution in [0.3, 0.4) is 0 Å². The predicted octanol–water partition coefficient (Wildman–Crippen LogP) is 3.03. The highest BCUT2D eigenvalue weighted by atomic mass is 32.2. The molecular weight excluding hydrogens is 287 g/mol. The molecular formula is C13H14F3N3S. The average molecular weight is 301 g/mol. The Bertz CT molecular complexity index is 517. The number of likely N-dealkylation sites (N-methyl/N-ethyl adjacent to an activating group) is 1. The second kappa shape index (κ2) is 5.94. The smallest absolute Gasteiger partial charge is 0.369 e. The maximum atomic E-state index is 12.9. The van der Waals surface area contributed by atoms with Crippen molar-refractivity contribution in [3.63, 3.8) is 0 Å². The summed E-state index contributed by atoms with van der Waals surface area (Å²) in [5.74, 6) is 0. The topological polar surface area (TPSA) is 30.3 Å². The molecule has 2 rings (SSSR count). The Labute approximate surface area is 120 Å². The first-order valence-corrected chi connectivity index (χ1v) is 6.93. The quantitative estimate of drug-likeness (QED) is 0.620. The van der Waals surface area contributed by atoms with Crippen LogP contribution in [-0.2, 0) is 6.18 Å². The number of halogens is 3. The van der Waals surface area contributed by atoms with Crippen molar-refractivity contribution in [1.82, 2.24) is 4.90 Å². The van der Waals surface area contributed by atoms with E-state index in [1.54, 1.807) is 6.07 Å². The van der Waals surface area contributed by atoms with Crippen LogP contribution in [-0.4, -0.2) is 38.1 Å². The third-order valence-corrected chi connectivity index (χ3v) is 3.81. The van der Waals surface area contributed by atoms with Crippen molar-refractivity contribution in [1.29, 1.82) is 5.26 Å². The molecule has 108 valence electrons. The van der Waals surface area contributed by atoms with Crippen LogP contribution in [0.25, 0.3) is 0 Å². The highest BCUT2D eigenvalue weighted by Crippen LogP contribution is 2.35. The van der Waals surface area contributed by atoms with Gasteiger partial charge in [-0.25, -0.2) is 0 Å². The summed E-state index contributed by atoms with van der Waals surface area (Å²) in [4.78, 5) is 4.39. The monoisotopic (exact) mass is 301 g/mol. The molecule has 0 unspecified atom stereocenters. The van der Waals surface area contributed by atoms with Crippen LogP contribution in [0.4, 0.5) is 18.9 Å². The van der Waals surface area contributed by atoms with Gasteiger partial charge in [-0.1, -0.05) is 0 Å². The largest absolute Gasteiger partial charge is 0.416 e. The van der Waals surface area contributed by atoms with E-state index in [0.717, 1.165) is 37.0 Å². The van der Waals surface area contributed by atoms with E-state index in [2.05, 4.69) is 4.90 Å². The van der Waals surface area contributed by atoms with E-state index in [9.17, 15) is 13.2 Å². The lowest BCUT2D eigenvalue weighted by atomic mass is 10.1. The van der Waals surface area contributed by atoms with E-state index in [0.29, 0.717) is 23.7 Å². The lowest BCUT2D eigenvalue weighted by molar-refractivity contribution is -0.137. The second-order valence-electron chi connectivity index (χ2n) is 4.70. The number of thioether (sulfide) groups is 1. The highest BCUT2D eigenvalue weighted by Gasteiger charge is 2.32. The van der Waals surface area contributed by atoms with Gasteiger partial charge in [-0.2, -0.15) is 18.4 Å². The van der Waals surface area contributed by atoms with Crippen LogP contribution in [0.1, 0.15) is 5.56 Å². The number of nitriles is 1. The van der Waals surface area contributed by atoms with E-state index in [-0.39, 0.29) is 0 Å². The van der Waals surface area contributed by atoms with Crippen molar-refractivity contribution in [2.24, 2.45) is 0 Å². The molecule has 7 heteroatoms. The lowest BCUT2D eigenvalue weighted by Gasteiger charge is -2.34. The first kappa shape index (κ1) is 15.0. The zero-order valence-electron chi connectivity index (χ0n) is 10.9. The summed E-state index contributed by atoms with van der Waals surface area (Å²) in [7, 11) is 1.99. The van der Waals surface area contributed by atoms with Gasteiger partial charge in [-0.3, -0.25) is 0 Å². The van der Waals surface area contributed by atoms with E-state index in [1.807, 2.05) is 17.3 Å². The molecule has 0 radical (unpaired) electrons.